The monoisotopic (exact) mass is 358 g/mol. The highest BCUT2D eigenvalue weighted by Gasteiger charge is 2.14. The van der Waals surface area contributed by atoms with E-state index in [9.17, 15) is 14.4 Å². The molecule has 0 saturated carbocycles. The lowest BCUT2D eigenvalue weighted by Gasteiger charge is -2.07. The number of fused-ring (bicyclic) bond motifs is 1. The van der Waals surface area contributed by atoms with Crippen molar-refractivity contribution in [2.75, 3.05) is 6.54 Å². The number of amides is 3. The number of nitrogens with zero attached hydrogens (tertiary/aromatic N) is 2. The van der Waals surface area contributed by atoms with Crippen LogP contribution in [-0.4, -0.2) is 27.6 Å². The number of nitrogens with one attached hydrogen (secondary N) is 2. The van der Waals surface area contributed by atoms with Crippen molar-refractivity contribution >= 4 is 34.3 Å². The van der Waals surface area contributed by atoms with E-state index in [1.807, 2.05) is 29.6 Å². The molecule has 0 aliphatic rings. The van der Waals surface area contributed by atoms with Crippen molar-refractivity contribution in [3.8, 4) is 0 Å². The number of para-hydroxylation sites is 2. The number of rotatable bonds is 5. The van der Waals surface area contributed by atoms with Crippen molar-refractivity contribution in [3.05, 3.63) is 57.1 Å². The largest absolute Gasteiger partial charge is 0.337 e. The highest BCUT2D eigenvalue weighted by atomic mass is 32.1. The minimum atomic E-state index is -0.560. The van der Waals surface area contributed by atoms with E-state index in [1.165, 1.54) is 9.13 Å². The summed E-state index contributed by atoms with van der Waals surface area (Å²) in [6.07, 6.45) is 0.710. The molecule has 2 aromatic heterocycles. The van der Waals surface area contributed by atoms with E-state index in [1.54, 1.807) is 30.5 Å². The molecule has 2 N–H and O–H groups in total. The van der Waals surface area contributed by atoms with Gasteiger partial charge in [0.15, 0.2) is 0 Å². The molecule has 0 unspecified atom stereocenters. The van der Waals surface area contributed by atoms with Gasteiger partial charge in [-0.15, -0.1) is 11.3 Å². The molecular weight excluding hydrogens is 340 g/mol. The second-order valence-corrected chi connectivity index (χ2v) is 6.58. The molecule has 1 aromatic carbocycles. The molecule has 130 valence electrons. The van der Waals surface area contributed by atoms with E-state index >= 15 is 0 Å². The lowest BCUT2D eigenvalue weighted by Crippen LogP contribution is -2.42. The quantitative estimate of drug-likeness (QED) is 0.724. The van der Waals surface area contributed by atoms with E-state index in [-0.39, 0.29) is 12.2 Å². The van der Waals surface area contributed by atoms with E-state index in [4.69, 9.17) is 0 Å². The van der Waals surface area contributed by atoms with Crippen molar-refractivity contribution in [2.45, 2.75) is 13.0 Å². The topological polar surface area (TPSA) is 85.1 Å². The highest BCUT2D eigenvalue weighted by molar-refractivity contribution is 7.09. The maximum absolute atomic E-state index is 12.3. The van der Waals surface area contributed by atoms with Crippen LogP contribution < -0.4 is 16.3 Å². The first-order valence-electron chi connectivity index (χ1n) is 7.80. The van der Waals surface area contributed by atoms with Crippen molar-refractivity contribution in [1.29, 1.82) is 0 Å². The summed E-state index contributed by atoms with van der Waals surface area (Å²) in [4.78, 5) is 37.3. The van der Waals surface area contributed by atoms with Crippen LogP contribution in [0.25, 0.3) is 11.0 Å². The van der Waals surface area contributed by atoms with Crippen molar-refractivity contribution in [1.82, 2.24) is 19.8 Å². The number of hydrogen-bond donors (Lipinski definition) is 2. The Labute approximate surface area is 147 Å². The van der Waals surface area contributed by atoms with Crippen LogP contribution in [-0.2, 0) is 24.8 Å². The molecule has 0 bridgehead atoms. The molecule has 3 aromatic rings. The standard InChI is InChI=1S/C17H18N4O3S/c1-20-13-6-2-3-7-14(13)21(17(20)24)11-15(22)19-16(23)18-9-8-12-5-4-10-25-12/h2-7,10H,8-9,11H2,1H3,(H2,18,19,22,23). The normalized spacial score (nSPS) is 10.8. The van der Waals surface area contributed by atoms with Crippen molar-refractivity contribution < 1.29 is 9.59 Å². The predicted octanol–water partition coefficient (Wildman–Crippen LogP) is 1.47. The third-order valence-electron chi connectivity index (χ3n) is 3.84. The maximum Gasteiger partial charge on any atom is 0.329 e. The van der Waals surface area contributed by atoms with Gasteiger partial charge in [-0.05, 0) is 30.0 Å². The van der Waals surface area contributed by atoms with Gasteiger partial charge in [0.25, 0.3) is 0 Å². The third kappa shape index (κ3) is 3.80. The molecular formula is C17H18N4O3S. The molecule has 0 radical (unpaired) electrons. The molecule has 0 atom stereocenters. The first-order valence-corrected chi connectivity index (χ1v) is 8.68. The van der Waals surface area contributed by atoms with E-state index in [0.29, 0.717) is 18.5 Å². The number of thiophene rings is 1. The zero-order valence-corrected chi connectivity index (χ0v) is 14.5. The Morgan fingerprint density at radius 2 is 1.88 bits per heavy atom. The third-order valence-corrected chi connectivity index (χ3v) is 4.78. The van der Waals surface area contributed by atoms with Gasteiger partial charge in [-0.2, -0.15) is 0 Å². The summed E-state index contributed by atoms with van der Waals surface area (Å²) >= 11 is 1.62. The number of aromatic nitrogens is 2. The minimum absolute atomic E-state index is 0.210. The Kier molecular flexibility index (Phi) is 4.99. The summed E-state index contributed by atoms with van der Waals surface area (Å²) in [6.45, 7) is 0.229. The maximum atomic E-state index is 12.3. The molecule has 2 heterocycles. The van der Waals surface area contributed by atoms with E-state index < -0.39 is 11.9 Å². The lowest BCUT2D eigenvalue weighted by molar-refractivity contribution is -0.120. The molecule has 0 aliphatic heterocycles. The number of urea groups is 1. The number of benzene rings is 1. The summed E-state index contributed by atoms with van der Waals surface area (Å²) in [5.74, 6) is -0.535. The average Bonchev–Trinajstić information content (AvgIpc) is 3.18. The van der Waals surface area contributed by atoms with Crippen LogP contribution in [0.1, 0.15) is 4.88 Å². The summed E-state index contributed by atoms with van der Waals surface area (Å²) in [5, 5.41) is 6.87. The zero-order chi connectivity index (χ0) is 17.8. The second-order valence-electron chi connectivity index (χ2n) is 5.55. The fraction of sp³-hybridized carbons (Fsp3) is 0.235. The van der Waals surface area contributed by atoms with Crippen molar-refractivity contribution in [2.24, 2.45) is 7.05 Å². The Hall–Kier alpha value is -2.87. The Morgan fingerprint density at radius 3 is 2.60 bits per heavy atom. The van der Waals surface area contributed by atoms with Gasteiger partial charge in [-0.25, -0.2) is 9.59 Å². The van der Waals surface area contributed by atoms with Gasteiger partial charge in [0.2, 0.25) is 5.91 Å². The first kappa shape index (κ1) is 17.0. The summed E-state index contributed by atoms with van der Waals surface area (Å²) < 4.78 is 2.83. The van der Waals surface area contributed by atoms with Gasteiger partial charge in [0.05, 0.1) is 11.0 Å². The Balaban J connectivity index is 1.58. The Bertz CT molecular complexity index is 956. The predicted molar refractivity (Wildman–Crippen MR) is 96.7 cm³/mol. The summed E-state index contributed by atoms with van der Waals surface area (Å²) in [6, 6.07) is 10.6. The molecule has 7 nitrogen and oxygen atoms in total. The Morgan fingerprint density at radius 1 is 1.12 bits per heavy atom. The molecule has 25 heavy (non-hydrogen) atoms. The molecule has 3 rings (SSSR count). The number of aryl methyl sites for hydroxylation is 1. The second kappa shape index (κ2) is 7.35. The van der Waals surface area contributed by atoms with Crippen LogP contribution in [0.2, 0.25) is 0 Å². The molecule has 0 fully saturated rings. The van der Waals surface area contributed by atoms with Gasteiger partial charge < -0.3 is 5.32 Å². The van der Waals surface area contributed by atoms with Crippen LogP contribution in [0.3, 0.4) is 0 Å². The molecule has 8 heteroatoms. The van der Waals surface area contributed by atoms with Crippen LogP contribution in [0, 0.1) is 0 Å². The SMILES string of the molecule is Cn1c(=O)n(CC(=O)NC(=O)NCCc2cccs2)c2ccccc21. The van der Waals surface area contributed by atoms with E-state index in [0.717, 1.165) is 10.4 Å². The average molecular weight is 358 g/mol. The number of carbonyl (C=O) groups excluding carboxylic acids is 2. The number of carbonyl (C=O) groups is 2. The first-order chi connectivity index (χ1) is 12.1. The molecule has 0 saturated heterocycles. The molecule has 0 aliphatic carbocycles. The van der Waals surface area contributed by atoms with E-state index in [2.05, 4.69) is 10.6 Å². The van der Waals surface area contributed by atoms with Crippen LogP contribution in [0.5, 0.6) is 0 Å². The zero-order valence-electron chi connectivity index (χ0n) is 13.7. The minimum Gasteiger partial charge on any atom is -0.337 e. The van der Waals surface area contributed by atoms with Gasteiger partial charge in [-0.3, -0.25) is 19.2 Å². The lowest BCUT2D eigenvalue weighted by atomic mass is 10.3. The molecule has 0 spiro atoms. The van der Waals surface area contributed by atoms with Crippen molar-refractivity contribution in [3.63, 3.8) is 0 Å². The number of imide groups is 1. The smallest absolute Gasteiger partial charge is 0.329 e. The highest BCUT2D eigenvalue weighted by Crippen LogP contribution is 2.11. The van der Waals surface area contributed by atoms with Gasteiger partial charge in [0.1, 0.15) is 6.54 Å². The summed E-state index contributed by atoms with van der Waals surface area (Å²) in [5.41, 5.74) is 1.10. The fourth-order valence-corrected chi connectivity index (χ4v) is 3.33. The van der Waals surface area contributed by atoms with Crippen LogP contribution in [0.4, 0.5) is 4.79 Å². The van der Waals surface area contributed by atoms with Crippen LogP contribution in [0.15, 0.2) is 46.6 Å². The van der Waals surface area contributed by atoms with Gasteiger partial charge in [0, 0.05) is 18.5 Å². The molecule has 3 amide bonds. The van der Waals surface area contributed by atoms with Gasteiger partial charge >= 0.3 is 11.7 Å². The fourth-order valence-electron chi connectivity index (χ4n) is 2.62. The van der Waals surface area contributed by atoms with Gasteiger partial charge in [-0.1, -0.05) is 18.2 Å². The van der Waals surface area contributed by atoms with Crippen LogP contribution >= 0.6 is 11.3 Å². The number of hydrogen-bond acceptors (Lipinski definition) is 4. The summed E-state index contributed by atoms with van der Waals surface area (Å²) in [7, 11) is 1.65. The number of imidazole rings is 1.